The Hall–Kier alpha value is -1.42. The predicted octanol–water partition coefficient (Wildman–Crippen LogP) is 1.35. The lowest BCUT2D eigenvalue weighted by atomic mass is 9.97. The Balaban J connectivity index is 3.06. The van der Waals surface area contributed by atoms with Crippen LogP contribution >= 0.6 is 0 Å². The molecule has 15 heavy (non-hydrogen) atoms. The molecule has 0 aliphatic heterocycles. The van der Waals surface area contributed by atoms with Crippen molar-refractivity contribution >= 4 is 5.97 Å². The summed E-state index contributed by atoms with van der Waals surface area (Å²) in [5, 5.41) is 0. The summed E-state index contributed by atoms with van der Waals surface area (Å²) in [5.74, 6) is -1.40. The SMILES string of the molecule is COC(=O)C(CN)c1cc(C)cc(F)c1. The molecule has 0 aromatic heterocycles. The molecule has 4 heteroatoms. The van der Waals surface area contributed by atoms with Crippen LogP contribution in [0.1, 0.15) is 17.0 Å². The third kappa shape index (κ3) is 2.76. The highest BCUT2D eigenvalue weighted by Crippen LogP contribution is 2.19. The number of hydrogen-bond donors (Lipinski definition) is 1. The van der Waals surface area contributed by atoms with E-state index in [1.165, 1.54) is 19.2 Å². The highest BCUT2D eigenvalue weighted by atomic mass is 19.1. The Morgan fingerprint density at radius 1 is 1.53 bits per heavy atom. The molecule has 1 aromatic rings. The minimum atomic E-state index is -0.593. The second-order valence-corrected chi connectivity index (χ2v) is 3.37. The van der Waals surface area contributed by atoms with Crippen LogP contribution in [0, 0.1) is 12.7 Å². The van der Waals surface area contributed by atoms with Crippen molar-refractivity contribution < 1.29 is 13.9 Å². The normalized spacial score (nSPS) is 12.3. The van der Waals surface area contributed by atoms with Crippen LogP contribution in [-0.2, 0) is 9.53 Å². The van der Waals surface area contributed by atoms with Gasteiger partial charge in [-0.1, -0.05) is 6.07 Å². The summed E-state index contributed by atoms with van der Waals surface area (Å²) >= 11 is 0. The molecule has 1 atom stereocenters. The van der Waals surface area contributed by atoms with E-state index in [1.54, 1.807) is 13.0 Å². The number of rotatable bonds is 3. The first kappa shape index (κ1) is 11.7. The van der Waals surface area contributed by atoms with Crippen molar-refractivity contribution in [1.29, 1.82) is 0 Å². The van der Waals surface area contributed by atoms with Crippen LogP contribution < -0.4 is 5.73 Å². The summed E-state index contributed by atoms with van der Waals surface area (Å²) in [6, 6.07) is 4.44. The van der Waals surface area contributed by atoms with Gasteiger partial charge in [-0.2, -0.15) is 0 Å². The number of esters is 1. The lowest BCUT2D eigenvalue weighted by Crippen LogP contribution is -2.23. The van der Waals surface area contributed by atoms with E-state index in [1.807, 2.05) is 0 Å². The number of hydrogen-bond acceptors (Lipinski definition) is 3. The zero-order chi connectivity index (χ0) is 11.4. The van der Waals surface area contributed by atoms with Crippen molar-refractivity contribution in [1.82, 2.24) is 0 Å². The van der Waals surface area contributed by atoms with Crippen molar-refractivity contribution in [2.75, 3.05) is 13.7 Å². The molecular formula is C11H14FNO2. The van der Waals surface area contributed by atoms with E-state index in [0.717, 1.165) is 5.56 Å². The number of methoxy groups -OCH3 is 1. The van der Waals surface area contributed by atoms with Crippen molar-refractivity contribution in [3.05, 3.63) is 35.1 Å². The van der Waals surface area contributed by atoms with Gasteiger partial charge in [0, 0.05) is 6.54 Å². The number of benzene rings is 1. The maximum atomic E-state index is 13.1. The number of aryl methyl sites for hydroxylation is 1. The average molecular weight is 211 g/mol. The lowest BCUT2D eigenvalue weighted by Gasteiger charge is -2.13. The van der Waals surface area contributed by atoms with Crippen molar-refractivity contribution in [3.8, 4) is 0 Å². The van der Waals surface area contributed by atoms with Gasteiger partial charge in [0.2, 0.25) is 0 Å². The highest BCUT2D eigenvalue weighted by Gasteiger charge is 2.20. The number of carbonyl (C=O) groups excluding carboxylic acids is 1. The molecule has 1 unspecified atom stereocenters. The molecule has 82 valence electrons. The molecule has 0 amide bonds. The summed E-state index contributed by atoms with van der Waals surface area (Å²) in [6.07, 6.45) is 0. The molecule has 1 rings (SSSR count). The van der Waals surface area contributed by atoms with E-state index >= 15 is 0 Å². The standard InChI is InChI=1S/C11H14FNO2/c1-7-3-8(5-9(12)4-7)10(6-13)11(14)15-2/h3-5,10H,6,13H2,1-2H3. The minimum Gasteiger partial charge on any atom is -0.469 e. The van der Waals surface area contributed by atoms with Gasteiger partial charge in [0.1, 0.15) is 5.82 Å². The summed E-state index contributed by atoms with van der Waals surface area (Å²) in [7, 11) is 1.29. The van der Waals surface area contributed by atoms with E-state index < -0.39 is 11.9 Å². The van der Waals surface area contributed by atoms with E-state index in [4.69, 9.17) is 5.73 Å². The average Bonchev–Trinajstić information content (AvgIpc) is 2.17. The molecule has 0 fully saturated rings. The van der Waals surface area contributed by atoms with E-state index in [-0.39, 0.29) is 12.4 Å². The number of ether oxygens (including phenoxy) is 1. The Morgan fingerprint density at radius 2 is 2.20 bits per heavy atom. The molecule has 0 saturated heterocycles. The van der Waals surface area contributed by atoms with Crippen LogP contribution in [0.4, 0.5) is 4.39 Å². The molecule has 0 radical (unpaired) electrons. The van der Waals surface area contributed by atoms with Crippen LogP contribution in [0.5, 0.6) is 0 Å². The van der Waals surface area contributed by atoms with Crippen LogP contribution in [0.3, 0.4) is 0 Å². The first-order valence-electron chi connectivity index (χ1n) is 4.63. The monoisotopic (exact) mass is 211 g/mol. The topological polar surface area (TPSA) is 52.3 Å². The largest absolute Gasteiger partial charge is 0.469 e. The van der Waals surface area contributed by atoms with Gasteiger partial charge < -0.3 is 10.5 Å². The Kier molecular flexibility index (Phi) is 3.80. The fourth-order valence-electron chi connectivity index (χ4n) is 1.48. The van der Waals surface area contributed by atoms with E-state index in [9.17, 15) is 9.18 Å². The molecule has 0 saturated carbocycles. The van der Waals surface area contributed by atoms with E-state index in [0.29, 0.717) is 5.56 Å². The van der Waals surface area contributed by atoms with Crippen LogP contribution in [0.2, 0.25) is 0 Å². The van der Waals surface area contributed by atoms with Crippen LogP contribution in [0.25, 0.3) is 0 Å². The highest BCUT2D eigenvalue weighted by molar-refractivity contribution is 5.78. The van der Waals surface area contributed by atoms with Gasteiger partial charge in [0.05, 0.1) is 13.0 Å². The van der Waals surface area contributed by atoms with Gasteiger partial charge in [-0.15, -0.1) is 0 Å². The summed E-state index contributed by atoms with van der Waals surface area (Å²) in [4.78, 5) is 11.3. The Morgan fingerprint density at radius 3 is 2.67 bits per heavy atom. The third-order valence-corrected chi connectivity index (χ3v) is 2.19. The molecule has 0 aliphatic rings. The number of carbonyl (C=O) groups is 1. The minimum absolute atomic E-state index is 0.107. The van der Waals surface area contributed by atoms with Gasteiger partial charge in [-0.3, -0.25) is 4.79 Å². The van der Waals surface area contributed by atoms with Crippen molar-refractivity contribution in [2.45, 2.75) is 12.8 Å². The first-order chi connectivity index (χ1) is 7.08. The second-order valence-electron chi connectivity index (χ2n) is 3.37. The zero-order valence-corrected chi connectivity index (χ0v) is 8.79. The fourth-order valence-corrected chi connectivity index (χ4v) is 1.48. The zero-order valence-electron chi connectivity index (χ0n) is 8.79. The summed E-state index contributed by atoms with van der Waals surface area (Å²) in [5.41, 5.74) is 6.77. The Labute approximate surface area is 88.0 Å². The quantitative estimate of drug-likeness (QED) is 0.768. The van der Waals surface area contributed by atoms with Gasteiger partial charge in [0.25, 0.3) is 0 Å². The molecule has 0 aliphatic carbocycles. The van der Waals surface area contributed by atoms with Gasteiger partial charge in [-0.05, 0) is 30.2 Å². The van der Waals surface area contributed by atoms with Gasteiger partial charge in [0.15, 0.2) is 0 Å². The smallest absolute Gasteiger partial charge is 0.314 e. The summed E-state index contributed by atoms with van der Waals surface area (Å²) < 4.78 is 17.7. The maximum absolute atomic E-state index is 13.1. The molecule has 1 aromatic carbocycles. The fraction of sp³-hybridized carbons (Fsp3) is 0.364. The molecule has 0 spiro atoms. The predicted molar refractivity (Wildman–Crippen MR) is 54.9 cm³/mol. The second kappa shape index (κ2) is 4.89. The number of halogens is 1. The van der Waals surface area contributed by atoms with E-state index in [2.05, 4.69) is 4.74 Å². The van der Waals surface area contributed by atoms with Crippen LogP contribution in [0.15, 0.2) is 18.2 Å². The maximum Gasteiger partial charge on any atom is 0.314 e. The lowest BCUT2D eigenvalue weighted by molar-refractivity contribution is -0.142. The molecule has 0 bridgehead atoms. The third-order valence-electron chi connectivity index (χ3n) is 2.19. The van der Waals surface area contributed by atoms with Crippen LogP contribution in [-0.4, -0.2) is 19.6 Å². The van der Waals surface area contributed by atoms with Gasteiger partial charge in [-0.25, -0.2) is 4.39 Å². The van der Waals surface area contributed by atoms with Gasteiger partial charge >= 0.3 is 5.97 Å². The van der Waals surface area contributed by atoms with Crippen molar-refractivity contribution in [3.63, 3.8) is 0 Å². The summed E-state index contributed by atoms with van der Waals surface area (Å²) in [6.45, 7) is 1.87. The van der Waals surface area contributed by atoms with Crippen molar-refractivity contribution in [2.24, 2.45) is 5.73 Å². The molecular weight excluding hydrogens is 197 g/mol. The first-order valence-corrected chi connectivity index (χ1v) is 4.63. The molecule has 3 nitrogen and oxygen atoms in total. The molecule has 0 heterocycles. The number of nitrogens with two attached hydrogens (primary N) is 1. The molecule has 2 N–H and O–H groups in total. The Bertz CT molecular complexity index is 345.